The monoisotopic (exact) mass is 306 g/mol. The highest BCUT2D eigenvalue weighted by atomic mass is 16.5. The first-order chi connectivity index (χ1) is 11.1. The van der Waals surface area contributed by atoms with E-state index in [0.717, 1.165) is 10.8 Å². The Balaban J connectivity index is 1.86. The van der Waals surface area contributed by atoms with Gasteiger partial charge in [-0.2, -0.15) is 0 Å². The summed E-state index contributed by atoms with van der Waals surface area (Å²) in [5.41, 5.74) is 0.487. The molecule has 0 N–H and O–H groups in total. The van der Waals surface area contributed by atoms with Crippen molar-refractivity contribution in [2.24, 2.45) is 0 Å². The van der Waals surface area contributed by atoms with Gasteiger partial charge in [0, 0.05) is 6.92 Å². The summed E-state index contributed by atoms with van der Waals surface area (Å²) < 4.78 is 10.4. The lowest BCUT2D eigenvalue weighted by Crippen LogP contribution is -2.08. The standard InChI is InChI=1S/C19H14O4/c1-13(20)22-17-9-7-14-8-10-18(12-16(14)11-17)23-19(21)15-5-3-2-4-6-15/h2-12H,1H3. The molecule has 0 aliphatic heterocycles. The van der Waals surface area contributed by atoms with Crippen LogP contribution in [0, 0.1) is 0 Å². The molecule has 114 valence electrons. The molecule has 0 saturated carbocycles. The summed E-state index contributed by atoms with van der Waals surface area (Å²) in [6, 6.07) is 19.4. The Morgan fingerprint density at radius 3 is 1.96 bits per heavy atom. The zero-order valence-corrected chi connectivity index (χ0v) is 12.5. The SMILES string of the molecule is CC(=O)Oc1ccc2ccc(OC(=O)c3ccccc3)cc2c1. The smallest absolute Gasteiger partial charge is 0.343 e. The van der Waals surface area contributed by atoms with Gasteiger partial charge in [-0.3, -0.25) is 4.79 Å². The van der Waals surface area contributed by atoms with E-state index in [4.69, 9.17) is 9.47 Å². The van der Waals surface area contributed by atoms with Gasteiger partial charge in [-0.25, -0.2) is 4.79 Å². The van der Waals surface area contributed by atoms with E-state index in [9.17, 15) is 9.59 Å². The molecule has 3 rings (SSSR count). The van der Waals surface area contributed by atoms with Gasteiger partial charge >= 0.3 is 11.9 Å². The van der Waals surface area contributed by atoms with Crippen LogP contribution in [0.25, 0.3) is 10.8 Å². The van der Waals surface area contributed by atoms with Crippen molar-refractivity contribution in [1.82, 2.24) is 0 Å². The molecule has 0 spiro atoms. The van der Waals surface area contributed by atoms with Crippen molar-refractivity contribution >= 4 is 22.7 Å². The quantitative estimate of drug-likeness (QED) is 0.542. The number of hydrogen-bond acceptors (Lipinski definition) is 4. The molecule has 0 atom stereocenters. The van der Waals surface area contributed by atoms with Crippen LogP contribution >= 0.6 is 0 Å². The Hall–Kier alpha value is -3.14. The lowest BCUT2D eigenvalue weighted by molar-refractivity contribution is -0.131. The summed E-state index contributed by atoms with van der Waals surface area (Å²) >= 11 is 0. The molecule has 0 unspecified atom stereocenters. The normalized spacial score (nSPS) is 10.3. The zero-order valence-electron chi connectivity index (χ0n) is 12.5. The molecular formula is C19H14O4. The summed E-state index contributed by atoms with van der Waals surface area (Å²) in [6.45, 7) is 1.35. The van der Waals surface area contributed by atoms with Crippen molar-refractivity contribution in [1.29, 1.82) is 0 Å². The summed E-state index contributed by atoms with van der Waals surface area (Å²) in [5, 5.41) is 1.78. The van der Waals surface area contributed by atoms with Crippen LogP contribution in [0.3, 0.4) is 0 Å². The molecule has 0 saturated heterocycles. The summed E-state index contributed by atoms with van der Waals surface area (Å²) in [5.74, 6) is 0.0972. The highest BCUT2D eigenvalue weighted by Crippen LogP contribution is 2.25. The fraction of sp³-hybridized carbons (Fsp3) is 0.0526. The molecule has 0 heterocycles. The van der Waals surface area contributed by atoms with Gasteiger partial charge in [0.05, 0.1) is 5.56 Å². The van der Waals surface area contributed by atoms with Crippen molar-refractivity contribution in [3.05, 3.63) is 72.3 Å². The molecule has 0 aliphatic rings. The third kappa shape index (κ3) is 3.55. The fourth-order valence-electron chi connectivity index (χ4n) is 2.24. The van der Waals surface area contributed by atoms with Gasteiger partial charge in [0.15, 0.2) is 0 Å². The Morgan fingerprint density at radius 1 is 0.739 bits per heavy atom. The van der Waals surface area contributed by atoms with Crippen LogP contribution in [0.4, 0.5) is 0 Å². The van der Waals surface area contributed by atoms with Crippen molar-refractivity contribution in [3.63, 3.8) is 0 Å². The summed E-state index contributed by atoms with van der Waals surface area (Å²) in [6.07, 6.45) is 0. The molecular weight excluding hydrogens is 292 g/mol. The maximum atomic E-state index is 12.1. The molecule has 0 fully saturated rings. The molecule has 0 aliphatic carbocycles. The van der Waals surface area contributed by atoms with Crippen LogP contribution in [0.1, 0.15) is 17.3 Å². The molecule has 23 heavy (non-hydrogen) atoms. The van der Waals surface area contributed by atoms with Crippen LogP contribution in [0.15, 0.2) is 66.7 Å². The van der Waals surface area contributed by atoms with Crippen molar-refractivity contribution in [2.75, 3.05) is 0 Å². The first-order valence-electron chi connectivity index (χ1n) is 7.11. The minimum Gasteiger partial charge on any atom is -0.427 e. The van der Waals surface area contributed by atoms with E-state index in [0.29, 0.717) is 17.1 Å². The second-order valence-corrected chi connectivity index (χ2v) is 5.02. The van der Waals surface area contributed by atoms with Gasteiger partial charge in [0.1, 0.15) is 11.5 Å². The molecule has 3 aromatic rings. The van der Waals surface area contributed by atoms with Gasteiger partial charge in [0.2, 0.25) is 0 Å². The minimum absolute atomic E-state index is 0.379. The van der Waals surface area contributed by atoms with E-state index in [1.807, 2.05) is 18.2 Å². The van der Waals surface area contributed by atoms with Gasteiger partial charge < -0.3 is 9.47 Å². The van der Waals surface area contributed by atoms with Gasteiger partial charge in [0.25, 0.3) is 0 Å². The van der Waals surface area contributed by atoms with E-state index in [1.165, 1.54) is 6.92 Å². The van der Waals surface area contributed by atoms with Gasteiger partial charge in [-0.15, -0.1) is 0 Å². The topological polar surface area (TPSA) is 52.6 Å². The highest BCUT2D eigenvalue weighted by Gasteiger charge is 2.08. The number of carbonyl (C=O) groups is 2. The maximum Gasteiger partial charge on any atom is 0.343 e. The van der Waals surface area contributed by atoms with Crippen LogP contribution < -0.4 is 9.47 Å². The summed E-state index contributed by atoms with van der Waals surface area (Å²) in [7, 11) is 0. The molecule has 4 heteroatoms. The van der Waals surface area contributed by atoms with Crippen LogP contribution in [-0.4, -0.2) is 11.9 Å². The fourth-order valence-corrected chi connectivity index (χ4v) is 2.24. The van der Waals surface area contributed by atoms with E-state index in [1.54, 1.807) is 48.5 Å². The van der Waals surface area contributed by atoms with Gasteiger partial charge in [-0.05, 0) is 47.2 Å². The van der Waals surface area contributed by atoms with E-state index in [2.05, 4.69) is 0 Å². The van der Waals surface area contributed by atoms with E-state index < -0.39 is 5.97 Å². The number of ether oxygens (including phenoxy) is 2. The third-order valence-electron chi connectivity index (χ3n) is 3.26. The second-order valence-electron chi connectivity index (χ2n) is 5.02. The molecule has 0 radical (unpaired) electrons. The number of rotatable bonds is 3. The van der Waals surface area contributed by atoms with E-state index >= 15 is 0 Å². The lowest BCUT2D eigenvalue weighted by Gasteiger charge is -2.07. The molecule has 0 bridgehead atoms. The van der Waals surface area contributed by atoms with Crippen molar-refractivity contribution in [3.8, 4) is 11.5 Å². The predicted octanol–water partition coefficient (Wildman–Crippen LogP) is 3.98. The largest absolute Gasteiger partial charge is 0.427 e. The Kier molecular flexibility index (Phi) is 4.06. The second kappa shape index (κ2) is 6.32. The van der Waals surface area contributed by atoms with Gasteiger partial charge in [-0.1, -0.05) is 30.3 Å². The number of hydrogen-bond donors (Lipinski definition) is 0. The molecule has 4 nitrogen and oxygen atoms in total. The maximum absolute atomic E-state index is 12.1. The first kappa shape index (κ1) is 14.8. The molecule has 0 aromatic heterocycles. The summed E-state index contributed by atoms with van der Waals surface area (Å²) in [4.78, 5) is 23.1. The lowest BCUT2D eigenvalue weighted by atomic mass is 10.1. The Bertz CT molecular complexity index is 869. The predicted molar refractivity (Wildman–Crippen MR) is 86.7 cm³/mol. The average Bonchev–Trinajstić information content (AvgIpc) is 2.55. The zero-order chi connectivity index (χ0) is 16.2. The number of benzene rings is 3. The number of esters is 2. The Morgan fingerprint density at radius 2 is 1.35 bits per heavy atom. The van der Waals surface area contributed by atoms with Crippen LogP contribution in [0.5, 0.6) is 11.5 Å². The average molecular weight is 306 g/mol. The van der Waals surface area contributed by atoms with E-state index in [-0.39, 0.29) is 5.97 Å². The highest BCUT2D eigenvalue weighted by molar-refractivity contribution is 5.92. The number of carbonyl (C=O) groups excluding carboxylic acids is 2. The molecule has 0 amide bonds. The van der Waals surface area contributed by atoms with Crippen LogP contribution in [-0.2, 0) is 4.79 Å². The molecule has 3 aromatic carbocycles. The minimum atomic E-state index is -0.416. The van der Waals surface area contributed by atoms with Crippen LogP contribution in [0.2, 0.25) is 0 Å². The Labute approximate surface area is 133 Å². The first-order valence-corrected chi connectivity index (χ1v) is 7.11. The van der Waals surface area contributed by atoms with Crippen molar-refractivity contribution in [2.45, 2.75) is 6.92 Å². The van der Waals surface area contributed by atoms with Crippen molar-refractivity contribution < 1.29 is 19.1 Å². The number of fused-ring (bicyclic) bond motifs is 1. The third-order valence-corrected chi connectivity index (χ3v) is 3.26.